The number of rotatable bonds is 4. The van der Waals surface area contributed by atoms with Gasteiger partial charge in [-0.05, 0) is 6.92 Å². The van der Waals surface area contributed by atoms with Crippen LogP contribution in [0.15, 0.2) is 6.33 Å². The van der Waals surface area contributed by atoms with Gasteiger partial charge in [0, 0.05) is 0 Å². The van der Waals surface area contributed by atoms with Crippen LogP contribution < -0.4 is 0 Å². The highest BCUT2D eigenvalue weighted by atomic mass is 31.2. The van der Waals surface area contributed by atoms with Crippen LogP contribution in [0.1, 0.15) is 11.9 Å². The molecule has 0 aliphatic carbocycles. The highest BCUT2D eigenvalue weighted by Crippen LogP contribution is 2.38. The first kappa shape index (κ1) is 17.3. The van der Waals surface area contributed by atoms with Gasteiger partial charge in [-0.2, -0.15) is 9.37 Å². The number of halogens is 1. The fraction of sp³-hybridized carbons (Fsp3) is 0.545. The molecule has 0 aromatic carbocycles. The Morgan fingerprint density at radius 3 is 2.75 bits per heavy atom. The lowest BCUT2D eigenvalue weighted by molar-refractivity contribution is -0.0504. The zero-order valence-electron chi connectivity index (χ0n) is 12.2. The van der Waals surface area contributed by atoms with Gasteiger partial charge in [0.25, 0.3) is 0 Å². The summed E-state index contributed by atoms with van der Waals surface area (Å²) in [5.41, 5.74) is 0.620. The van der Waals surface area contributed by atoms with Gasteiger partial charge >= 0.3 is 13.9 Å². The number of aromatic nitrogens is 4. The van der Waals surface area contributed by atoms with Crippen LogP contribution in [0.2, 0.25) is 0 Å². The zero-order valence-corrected chi connectivity index (χ0v) is 13.1. The number of hydrogen-bond acceptors (Lipinski definition) is 8. The van der Waals surface area contributed by atoms with E-state index in [1.165, 1.54) is 17.8 Å². The van der Waals surface area contributed by atoms with Crippen molar-refractivity contribution < 1.29 is 38.2 Å². The third kappa shape index (κ3) is 3.17. The smallest absolute Gasteiger partial charge is 0.387 e. The Bertz CT molecular complexity index is 811. The van der Waals surface area contributed by atoms with Crippen molar-refractivity contribution in [1.82, 2.24) is 19.5 Å². The van der Waals surface area contributed by atoms with Crippen molar-refractivity contribution in [2.75, 3.05) is 6.61 Å². The number of aliphatic hydroxyl groups is 2. The van der Waals surface area contributed by atoms with Crippen LogP contribution in [0.4, 0.5) is 4.39 Å². The van der Waals surface area contributed by atoms with Crippen molar-refractivity contribution in [2.45, 2.75) is 31.5 Å². The molecule has 3 heterocycles. The number of aliphatic hydroxyl groups excluding tert-OH is 2. The lowest BCUT2D eigenvalue weighted by Gasteiger charge is -2.16. The van der Waals surface area contributed by atoms with E-state index in [2.05, 4.69) is 19.5 Å². The van der Waals surface area contributed by atoms with Gasteiger partial charge in [-0.3, -0.25) is 9.09 Å². The maximum atomic E-state index is 13.4. The molecule has 0 spiro atoms. The number of aryl methyl sites for hydroxylation is 1. The molecule has 2 aromatic rings. The molecule has 3 rings (SSSR count). The summed E-state index contributed by atoms with van der Waals surface area (Å²) in [5.74, 6) is 0. The Balaban J connectivity index is 1.89. The number of phosphoric ester groups is 1. The van der Waals surface area contributed by atoms with Crippen LogP contribution in [-0.2, 0) is 13.8 Å². The Morgan fingerprint density at radius 1 is 1.38 bits per heavy atom. The SMILES string of the molecule is Cc1nc(F)nc2c1ncn2[C@@H]1O[C@H](COP(=O)(O)O)[C@@H](O)[C@@H]1O. The number of hydrogen-bond donors (Lipinski definition) is 4. The molecule has 13 heteroatoms. The van der Waals surface area contributed by atoms with Crippen LogP contribution in [0.3, 0.4) is 0 Å². The number of phosphoric acid groups is 1. The topological polar surface area (TPSA) is 160 Å². The van der Waals surface area contributed by atoms with Crippen LogP contribution in [-0.4, -0.2) is 64.4 Å². The monoisotopic (exact) mass is 364 g/mol. The summed E-state index contributed by atoms with van der Waals surface area (Å²) in [6.07, 6.45) is -5.10. The molecular formula is C11H14FN4O7P. The maximum Gasteiger partial charge on any atom is 0.469 e. The van der Waals surface area contributed by atoms with E-state index >= 15 is 0 Å². The Labute approximate surface area is 133 Å². The quantitative estimate of drug-likeness (QED) is 0.391. The average molecular weight is 364 g/mol. The number of imidazole rings is 1. The van der Waals surface area contributed by atoms with Crippen LogP contribution in [0.5, 0.6) is 0 Å². The first-order chi connectivity index (χ1) is 11.2. The molecule has 4 N–H and O–H groups in total. The largest absolute Gasteiger partial charge is 0.469 e. The van der Waals surface area contributed by atoms with E-state index in [9.17, 15) is 19.2 Å². The lowest BCUT2D eigenvalue weighted by atomic mass is 10.1. The molecule has 0 amide bonds. The minimum absolute atomic E-state index is 0.0489. The molecule has 24 heavy (non-hydrogen) atoms. The molecule has 2 aromatic heterocycles. The molecule has 0 bridgehead atoms. The van der Waals surface area contributed by atoms with E-state index in [1.807, 2.05) is 0 Å². The van der Waals surface area contributed by atoms with Crippen molar-refractivity contribution in [3.05, 3.63) is 18.1 Å². The predicted molar refractivity (Wildman–Crippen MR) is 73.9 cm³/mol. The molecule has 132 valence electrons. The molecule has 4 atom stereocenters. The summed E-state index contributed by atoms with van der Waals surface area (Å²) < 4.78 is 35.0. The summed E-state index contributed by atoms with van der Waals surface area (Å²) in [6, 6.07) is 0. The Morgan fingerprint density at radius 2 is 2.08 bits per heavy atom. The molecule has 11 nitrogen and oxygen atoms in total. The molecule has 1 saturated heterocycles. The van der Waals surface area contributed by atoms with Gasteiger partial charge < -0.3 is 24.7 Å². The predicted octanol–water partition coefficient (Wildman–Crippen LogP) is -0.998. The van der Waals surface area contributed by atoms with Crippen LogP contribution in [0, 0.1) is 13.0 Å². The molecule has 0 unspecified atom stereocenters. The van der Waals surface area contributed by atoms with E-state index in [1.54, 1.807) is 0 Å². The van der Waals surface area contributed by atoms with E-state index in [0.29, 0.717) is 0 Å². The zero-order chi connectivity index (χ0) is 17.6. The highest BCUT2D eigenvalue weighted by Gasteiger charge is 2.45. The third-order valence-electron chi connectivity index (χ3n) is 3.59. The fourth-order valence-corrected chi connectivity index (χ4v) is 2.82. The molecule has 1 aliphatic rings. The summed E-state index contributed by atoms with van der Waals surface area (Å²) in [5, 5.41) is 20.1. The van der Waals surface area contributed by atoms with Crippen molar-refractivity contribution >= 4 is 19.0 Å². The van der Waals surface area contributed by atoms with Gasteiger partial charge in [-0.1, -0.05) is 0 Å². The summed E-state index contributed by atoms with van der Waals surface area (Å²) in [4.78, 5) is 28.6. The third-order valence-corrected chi connectivity index (χ3v) is 4.07. The highest BCUT2D eigenvalue weighted by molar-refractivity contribution is 7.46. The number of fused-ring (bicyclic) bond motifs is 1. The van der Waals surface area contributed by atoms with Gasteiger partial charge in [-0.15, -0.1) is 0 Å². The molecule has 1 fully saturated rings. The molecular weight excluding hydrogens is 350 g/mol. The molecule has 1 aliphatic heterocycles. The first-order valence-corrected chi connectivity index (χ1v) is 8.29. The average Bonchev–Trinajstić information content (AvgIpc) is 3.00. The summed E-state index contributed by atoms with van der Waals surface area (Å²) in [7, 11) is -4.76. The molecule has 0 saturated carbocycles. The first-order valence-electron chi connectivity index (χ1n) is 6.76. The second-order valence-corrected chi connectivity index (χ2v) is 6.47. The minimum Gasteiger partial charge on any atom is -0.387 e. The maximum absolute atomic E-state index is 13.4. The summed E-state index contributed by atoms with van der Waals surface area (Å²) >= 11 is 0. The molecule has 0 radical (unpaired) electrons. The van der Waals surface area contributed by atoms with Gasteiger partial charge in [0.1, 0.15) is 23.8 Å². The van der Waals surface area contributed by atoms with Crippen molar-refractivity contribution in [1.29, 1.82) is 0 Å². The van der Waals surface area contributed by atoms with E-state index < -0.39 is 45.0 Å². The van der Waals surface area contributed by atoms with Gasteiger partial charge in [0.05, 0.1) is 18.6 Å². The normalized spacial score (nSPS) is 27.9. The Kier molecular flexibility index (Phi) is 4.38. The van der Waals surface area contributed by atoms with Gasteiger partial charge in [-0.25, -0.2) is 14.5 Å². The Hall–Kier alpha value is -1.53. The number of nitrogens with zero attached hydrogens (tertiary/aromatic N) is 4. The second-order valence-electron chi connectivity index (χ2n) is 5.23. The van der Waals surface area contributed by atoms with Crippen LogP contribution >= 0.6 is 7.82 Å². The van der Waals surface area contributed by atoms with Gasteiger partial charge in [0.15, 0.2) is 11.9 Å². The van der Waals surface area contributed by atoms with Crippen LogP contribution in [0.25, 0.3) is 11.2 Å². The number of ether oxygens (including phenoxy) is 1. The van der Waals surface area contributed by atoms with Crippen molar-refractivity contribution in [3.63, 3.8) is 0 Å². The second kappa shape index (κ2) is 6.08. The van der Waals surface area contributed by atoms with E-state index in [0.717, 1.165) is 0 Å². The standard InChI is InChI=1S/C11H14FN4O7P/c1-4-6-9(15-11(12)14-4)16(3-13-6)10-8(18)7(17)5(23-10)2-22-24(19,20)21/h3,5,7-8,10,17-18H,2H2,1H3,(H2,19,20,21)/t5-,7-,8+,10-/m1/s1. The van der Waals surface area contributed by atoms with Gasteiger partial charge in [0.2, 0.25) is 0 Å². The minimum atomic E-state index is -4.76. The fourth-order valence-electron chi connectivity index (χ4n) is 2.48. The van der Waals surface area contributed by atoms with Crippen molar-refractivity contribution in [3.8, 4) is 0 Å². The lowest BCUT2D eigenvalue weighted by Crippen LogP contribution is -2.33. The summed E-state index contributed by atoms with van der Waals surface area (Å²) in [6.45, 7) is 0.885. The van der Waals surface area contributed by atoms with Crippen molar-refractivity contribution in [2.24, 2.45) is 0 Å². The van der Waals surface area contributed by atoms with E-state index in [-0.39, 0.29) is 16.9 Å². The van der Waals surface area contributed by atoms with E-state index in [4.69, 9.17) is 14.5 Å².